The number of benzene rings is 2. The van der Waals surface area contributed by atoms with Gasteiger partial charge in [-0.25, -0.2) is 13.4 Å². The third kappa shape index (κ3) is 6.31. The number of ether oxygens (including phenoxy) is 1. The highest BCUT2D eigenvalue weighted by Gasteiger charge is 2.32. The highest BCUT2D eigenvalue weighted by molar-refractivity contribution is 7.89. The minimum atomic E-state index is -3.63. The zero-order valence-corrected chi connectivity index (χ0v) is 25.0. The number of hydrogen-bond donors (Lipinski definition) is 0. The van der Waals surface area contributed by atoms with Gasteiger partial charge in [-0.05, 0) is 67.1 Å². The number of carbonyl (C=O) groups is 1. The summed E-state index contributed by atoms with van der Waals surface area (Å²) in [7, 11) is -3.63. The Morgan fingerprint density at radius 1 is 1.13 bits per heavy atom. The smallest absolute Gasteiger partial charge is 0.260 e. The van der Waals surface area contributed by atoms with E-state index in [0.717, 1.165) is 35.3 Å². The van der Waals surface area contributed by atoms with Crippen LogP contribution in [0.2, 0.25) is 5.02 Å². The molecule has 0 N–H and O–H groups in total. The molecule has 2 aliphatic rings. The van der Waals surface area contributed by atoms with E-state index in [-0.39, 0.29) is 10.8 Å². The van der Waals surface area contributed by atoms with E-state index >= 15 is 0 Å². The van der Waals surface area contributed by atoms with Crippen molar-refractivity contribution in [1.82, 2.24) is 14.2 Å². The molecule has 8 nitrogen and oxygen atoms in total. The van der Waals surface area contributed by atoms with E-state index in [1.165, 1.54) is 11.3 Å². The standard InChI is InChI=1S/C28H35ClN4O4S2/c1-19-14-20(2)18-32(17-19)39(35,36)24-6-4-22(5-7-24)27(34)33(9-8-31-10-12-37-13-11-31)28-30-26-21(3)15-23(29)16-25(26)38-28/h4-7,15-16,19-20H,8-14,17-18H2,1-3H3. The molecule has 2 aromatic carbocycles. The topological polar surface area (TPSA) is 83.0 Å². The van der Waals surface area contributed by atoms with Crippen LogP contribution in [0, 0.1) is 18.8 Å². The lowest BCUT2D eigenvalue weighted by molar-refractivity contribution is 0.0391. The van der Waals surface area contributed by atoms with E-state index in [2.05, 4.69) is 18.7 Å². The Morgan fingerprint density at radius 3 is 2.46 bits per heavy atom. The van der Waals surface area contributed by atoms with Crippen LogP contribution in [-0.4, -0.2) is 81.0 Å². The number of sulfonamides is 1. The molecule has 3 heterocycles. The van der Waals surface area contributed by atoms with Crippen LogP contribution in [0.15, 0.2) is 41.3 Å². The second-order valence-corrected chi connectivity index (χ2v) is 14.2. The largest absolute Gasteiger partial charge is 0.379 e. The Bertz CT molecular complexity index is 1430. The molecule has 2 unspecified atom stereocenters. The van der Waals surface area contributed by atoms with Crippen LogP contribution in [0.1, 0.15) is 36.2 Å². The molecule has 0 spiro atoms. The molecular weight excluding hydrogens is 556 g/mol. The fourth-order valence-electron chi connectivity index (χ4n) is 5.48. The number of aryl methyl sites for hydroxylation is 1. The van der Waals surface area contributed by atoms with Gasteiger partial charge in [0.25, 0.3) is 5.91 Å². The monoisotopic (exact) mass is 590 g/mol. The number of anilines is 1. The SMILES string of the molecule is Cc1cc(Cl)cc2sc(N(CCN3CCOCC3)C(=O)c3ccc(S(=O)(=O)N4CC(C)CC(C)C4)cc3)nc12. The quantitative estimate of drug-likeness (QED) is 0.389. The summed E-state index contributed by atoms with van der Waals surface area (Å²) in [5.41, 5.74) is 2.21. The average molecular weight is 591 g/mol. The fraction of sp³-hybridized carbons (Fsp3) is 0.500. The summed E-state index contributed by atoms with van der Waals surface area (Å²) in [5, 5.41) is 1.23. The number of fused-ring (bicyclic) bond motifs is 1. The maximum absolute atomic E-state index is 13.9. The molecule has 1 amide bonds. The van der Waals surface area contributed by atoms with Crippen LogP contribution >= 0.6 is 22.9 Å². The first-order valence-electron chi connectivity index (χ1n) is 13.4. The van der Waals surface area contributed by atoms with E-state index in [0.29, 0.717) is 66.9 Å². The normalized spacial score (nSPS) is 21.3. The Morgan fingerprint density at radius 2 is 1.79 bits per heavy atom. The zero-order valence-electron chi connectivity index (χ0n) is 22.6. The number of nitrogens with zero attached hydrogens (tertiary/aromatic N) is 4. The van der Waals surface area contributed by atoms with E-state index < -0.39 is 10.0 Å². The van der Waals surface area contributed by atoms with Crippen LogP contribution in [0.25, 0.3) is 10.2 Å². The van der Waals surface area contributed by atoms with Crippen molar-refractivity contribution in [2.24, 2.45) is 11.8 Å². The lowest BCUT2D eigenvalue weighted by Crippen LogP contribution is -2.43. The molecule has 1 aromatic heterocycles. The number of hydrogen-bond acceptors (Lipinski definition) is 7. The Hall–Kier alpha value is -2.08. The van der Waals surface area contributed by atoms with Gasteiger partial charge >= 0.3 is 0 Å². The van der Waals surface area contributed by atoms with Crippen molar-refractivity contribution < 1.29 is 17.9 Å². The summed E-state index contributed by atoms with van der Waals surface area (Å²) in [6.45, 7) is 11.3. The van der Waals surface area contributed by atoms with Gasteiger partial charge in [-0.3, -0.25) is 14.6 Å². The van der Waals surface area contributed by atoms with E-state index in [9.17, 15) is 13.2 Å². The molecule has 2 atom stereocenters. The van der Waals surface area contributed by atoms with E-state index in [4.69, 9.17) is 21.3 Å². The third-order valence-electron chi connectivity index (χ3n) is 7.43. The molecule has 2 saturated heterocycles. The fourth-order valence-corrected chi connectivity index (χ4v) is 8.61. The van der Waals surface area contributed by atoms with Gasteiger partial charge in [-0.2, -0.15) is 4.31 Å². The van der Waals surface area contributed by atoms with Gasteiger partial charge < -0.3 is 4.74 Å². The highest BCUT2D eigenvalue weighted by Crippen LogP contribution is 2.34. The number of rotatable bonds is 7. The minimum Gasteiger partial charge on any atom is -0.379 e. The molecule has 11 heteroatoms. The summed E-state index contributed by atoms with van der Waals surface area (Å²) in [6.07, 6.45) is 1.03. The second kappa shape index (κ2) is 11.8. The maximum Gasteiger partial charge on any atom is 0.260 e. The van der Waals surface area contributed by atoms with Gasteiger partial charge in [0.1, 0.15) is 0 Å². The van der Waals surface area contributed by atoms with Crippen molar-refractivity contribution in [3.8, 4) is 0 Å². The number of amides is 1. The number of piperidine rings is 1. The number of aromatic nitrogens is 1. The Balaban J connectivity index is 1.41. The van der Waals surface area contributed by atoms with Crippen molar-refractivity contribution in [2.75, 3.05) is 57.4 Å². The summed E-state index contributed by atoms with van der Waals surface area (Å²) in [6, 6.07) is 10.1. The number of carbonyl (C=O) groups excluding carboxylic acids is 1. The molecule has 0 saturated carbocycles. The van der Waals surface area contributed by atoms with Crippen molar-refractivity contribution in [1.29, 1.82) is 0 Å². The van der Waals surface area contributed by atoms with Crippen LogP contribution in [0.4, 0.5) is 5.13 Å². The Labute approximate surface area is 239 Å². The van der Waals surface area contributed by atoms with Crippen molar-refractivity contribution in [3.63, 3.8) is 0 Å². The van der Waals surface area contributed by atoms with Gasteiger partial charge in [0, 0.05) is 49.9 Å². The number of thiazole rings is 1. The average Bonchev–Trinajstić information content (AvgIpc) is 3.33. The number of morpholine rings is 1. The first kappa shape index (κ1) is 28.4. The molecule has 0 aliphatic carbocycles. The van der Waals surface area contributed by atoms with E-state index in [1.807, 2.05) is 19.1 Å². The lowest BCUT2D eigenvalue weighted by Gasteiger charge is -2.34. The van der Waals surface area contributed by atoms with Gasteiger partial charge in [0.2, 0.25) is 10.0 Å². The van der Waals surface area contributed by atoms with Gasteiger partial charge in [0.05, 0.1) is 28.3 Å². The van der Waals surface area contributed by atoms with Gasteiger partial charge in [-0.15, -0.1) is 0 Å². The molecule has 0 bridgehead atoms. The first-order chi connectivity index (χ1) is 18.6. The number of halogens is 1. The highest BCUT2D eigenvalue weighted by atomic mass is 35.5. The molecule has 210 valence electrons. The zero-order chi connectivity index (χ0) is 27.7. The predicted molar refractivity (Wildman–Crippen MR) is 156 cm³/mol. The van der Waals surface area contributed by atoms with Crippen molar-refractivity contribution in [2.45, 2.75) is 32.1 Å². The van der Waals surface area contributed by atoms with Crippen LogP contribution in [-0.2, 0) is 14.8 Å². The van der Waals surface area contributed by atoms with Gasteiger partial charge in [0.15, 0.2) is 5.13 Å². The van der Waals surface area contributed by atoms with Crippen molar-refractivity contribution >= 4 is 54.2 Å². The molecule has 39 heavy (non-hydrogen) atoms. The van der Waals surface area contributed by atoms with Gasteiger partial charge in [-0.1, -0.05) is 36.8 Å². The Kier molecular flexibility index (Phi) is 8.61. The molecule has 5 rings (SSSR count). The molecule has 3 aromatic rings. The molecule has 0 radical (unpaired) electrons. The molecule has 2 aliphatic heterocycles. The summed E-state index contributed by atoms with van der Waals surface area (Å²) < 4.78 is 34.7. The van der Waals surface area contributed by atoms with Crippen molar-refractivity contribution in [3.05, 3.63) is 52.5 Å². The second-order valence-electron chi connectivity index (χ2n) is 10.8. The van der Waals surface area contributed by atoms with Crippen LogP contribution < -0.4 is 4.90 Å². The summed E-state index contributed by atoms with van der Waals surface area (Å²) in [5.74, 6) is 0.420. The van der Waals surface area contributed by atoms with Crippen LogP contribution in [0.3, 0.4) is 0 Å². The van der Waals surface area contributed by atoms with Crippen LogP contribution in [0.5, 0.6) is 0 Å². The van der Waals surface area contributed by atoms with E-state index in [1.54, 1.807) is 33.5 Å². The summed E-state index contributed by atoms with van der Waals surface area (Å²) >= 11 is 7.72. The predicted octanol–water partition coefficient (Wildman–Crippen LogP) is 4.90. The lowest BCUT2D eigenvalue weighted by atomic mass is 9.94. The third-order valence-corrected chi connectivity index (χ3v) is 10.5. The molecular formula is C28H35ClN4O4S2. The molecule has 2 fully saturated rings. The maximum atomic E-state index is 13.9. The summed E-state index contributed by atoms with van der Waals surface area (Å²) in [4.78, 5) is 22.9. The first-order valence-corrected chi connectivity index (χ1v) is 16.0. The minimum absolute atomic E-state index is 0.213.